The summed E-state index contributed by atoms with van der Waals surface area (Å²) < 4.78 is 18.0. The fourth-order valence-corrected chi connectivity index (χ4v) is 4.19. The van der Waals surface area contributed by atoms with Crippen LogP contribution in [-0.2, 0) is 14.2 Å². The van der Waals surface area contributed by atoms with Crippen LogP contribution in [0.25, 0.3) is 5.69 Å². The van der Waals surface area contributed by atoms with Gasteiger partial charge in [-0.05, 0) is 36.4 Å². The molecule has 184 valence electrons. The highest BCUT2D eigenvalue weighted by Crippen LogP contribution is 2.28. The zero-order chi connectivity index (χ0) is 24.2. The highest BCUT2D eigenvalue weighted by atomic mass is 16.7. The number of hydrazine groups is 1. The van der Waals surface area contributed by atoms with Crippen LogP contribution in [-0.4, -0.2) is 90.0 Å². The van der Waals surface area contributed by atoms with Crippen molar-refractivity contribution in [2.24, 2.45) is 0 Å². The van der Waals surface area contributed by atoms with Gasteiger partial charge >= 0.3 is 0 Å². The minimum atomic E-state index is -0.356. The van der Waals surface area contributed by atoms with E-state index >= 15 is 0 Å². The van der Waals surface area contributed by atoms with Crippen molar-refractivity contribution in [3.63, 3.8) is 0 Å². The molecule has 1 atom stereocenters. The van der Waals surface area contributed by atoms with Crippen LogP contribution in [0.15, 0.2) is 54.6 Å². The summed E-state index contributed by atoms with van der Waals surface area (Å²) in [4.78, 5) is 19.1. The molecule has 3 aromatic rings. The van der Waals surface area contributed by atoms with E-state index in [1.165, 1.54) is 0 Å². The monoisotopic (exact) mass is 479 g/mol. The smallest absolute Gasteiger partial charge is 0.266 e. The van der Waals surface area contributed by atoms with Crippen molar-refractivity contribution in [2.75, 3.05) is 63.9 Å². The Kier molecular flexibility index (Phi) is 6.91. The molecule has 1 unspecified atom stereocenters. The van der Waals surface area contributed by atoms with Crippen molar-refractivity contribution in [2.45, 2.75) is 6.29 Å². The molecule has 0 spiro atoms. The van der Waals surface area contributed by atoms with Crippen LogP contribution in [0.1, 0.15) is 10.4 Å². The number of carbonyl (C=O) groups excluding carboxylic acids is 1. The Hall–Kier alpha value is -3.51. The molecule has 0 bridgehead atoms. The molecule has 11 nitrogen and oxygen atoms in total. The Bertz CT molecular complexity index is 1130. The molecule has 0 aliphatic carbocycles. The van der Waals surface area contributed by atoms with Crippen molar-refractivity contribution in [1.82, 2.24) is 24.7 Å². The molecule has 1 amide bonds. The SMILES string of the molecule is COC1CN(N(c2ccccc2)c2nc(N)n(-c3ccc(C(=O)N4CCOCC4)cc3)n2)CCO1. The Balaban J connectivity index is 1.42. The van der Waals surface area contributed by atoms with Crippen molar-refractivity contribution in [3.8, 4) is 5.69 Å². The third-order valence-corrected chi connectivity index (χ3v) is 6.03. The summed E-state index contributed by atoms with van der Waals surface area (Å²) >= 11 is 0. The summed E-state index contributed by atoms with van der Waals surface area (Å²) in [6, 6.07) is 17.1. The third kappa shape index (κ3) is 4.98. The number of hydrogen-bond donors (Lipinski definition) is 1. The summed E-state index contributed by atoms with van der Waals surface area (Å²) in [6.07, 6.45) is -0.356. The number of morpholine rings is 2. The van der Waals surface area contributed by atoms with Crippen molar-refractivity contribution in [3.05, 3.63) is 60.2 Å². The number of ether oxygens (including phenoxy) is 3. The average molecular weight is 480 g/mol. The number of hydrogen-bond acceptors (Lipinski definition) is 9. The van der Waals surface area contributed by atoms with E-state index in [0.717, 1.165) is 5.69 Å². The lowest BCUT2D eigenvalue weighted by molar-refractivity contribution is -0.164. The number of para-hydroxylation sites is 1. The number of amides is 1. The molecule has 0 saturated carbocycles. The van der Waals surface area contributed by atoms with Gasteiger partial charge in [0.2, 0.25) is 5.95 Å². The molecular formula is C24H29N7O4. The predicted molar refractivity (Wildman–Crippen MR) is 129 cm³/mol. The minimum Gasteiger partial charge on any atom is -0.378 e. The summed E-state index contributed by atoms with van der Waals surface area (Å²) in [7, 11) is 1.62. The highest BCUT2D eigenvalue weighted by Gasteiger charge is 2.29. The van der Waals surface area contributed by atoms with Crippen LogP contribution in [0, 0.1) is 0 Å². The van der Waals surface area contributed by atoms with E-state index in [0.29, 0.717) is 63.2 Å². The minimum absolute atomic E-state index is 0.0117. The van der Waals surface area contributed by atoms with Gasteiger partial charge in [0, 0.05) is 32.3 Å². The van der Waals surface area contributed by atoms with Crippen LogP contribution in [0.4, 0.5) is 17.6 Å². The van der Waals surface area contributed by atoms with Gasteiger partial charge in [0.25, 0.3) is 11.9 Å². The first-order valence-electron chi connectivity index (χ1n) is 11.6. The standard InChI is InChI=1S/C24H29N7O4/c1-33-21-17-29(13-16-35-21)31(20-5-3-2-4-6-20)24-26-23(25)30(27-24)19-9-7-18(8-10-19)22(32)28-11-14-34-15-12-28/h2-10,21H,11-17H2,1H3,(H2,25,26,27). The summed E-state index contributed by atoms with van der Waals surface area (Å²) in [5, 5.41) is 8.73. The van der Waals surface area contributed by atoms with E-state index in [2.05, 4.69) is 9.99 Å². The zero-order valence-electron chi connectivity index (χ0n) is 19.6. The van der Waals surface area contributed by atoms with E-state index < -0.39 is 0 Å². The quantitative estimate of drug-likeness (QED) is 0.564. The normalized spacial score (nSPS) is 19.0. The number of nitrogens with zero attached hydrogens (tertiary/aromatic N) is 6. The molecule has 3 heterocycles. The van der Waals surface area contributed by atoms with Crippen LogP contribution >= 0.6 is 0 Å². The maximum absolute atomic E-state index is 12.8. The second-order valence-corrected chi connectivity index (χ2v) is 8.23. The van der Waals surface area contributed by atoms with Crippen LogP contribution in [0.2, 0.25) is 0 Å². The Morgan fingerprint density at radius 1 is 1.06 bits per heavy atom. The highest BCUT2D eigenvalue weighted by molar-refractivity contribution is 5.94. The van der Waals surface area contributed by atoms with Crippen LogP contribution < -0.4 is 10.7 Å². The third-order valence-electron chi connectivity index (χ3n) is 6.03. The topological polar surface area (TPSA) is 111 Å². The number of rotatable bonds is 6. The first-order chi connectivity index (χ1) is 17.1. The number of benzene rings is 2. The number of nitrogens with two attached hydrogens (primary N) is 1. The van der Waals surface area contributed by atoms with Gasteiger partial charge in [0.15, 0.2) is 6.29 Å². The van der Waals surface area contributed by atoms with E-state index in [1.807, 2.05) is 47.5 Å². The molecule has 2 aromatic carbocycles. The Morgan fingerprint density at radius 3 is 2.51 bits per heavy atom. The Morgan fingerprint density at radius 2 is 1.80 bits per heavy atom. The van der Waals surface area contributed by atoms with E-state index in [-0.39, 0.29) is 18.1 Å². The fraction of sp³-hybridized carbons (Fsp3) is 0.375. The lowest BCUT2D eigenvalue weighted by Crippen LogP contribution is -2.51. The lowest BCUT2D eigenvalue weighted by atomic mass is 10.1. The summed E-state index contributed by atoms with van der Waals surface area (Å²) in [5.41, 5.74) is 8.51. The van der Waals surface area contributed by atoms with Gasteiger partial charge < -0.3 is 24.8 Å². The first-order valence-corrected chi connectivity index (χ1v) is 11.6. The molecule has 2 aliphatic rings. The Labute approximate surface area is 203 Å². The fourth-order valence-electron chi connectivity index (χ4n) is 4.19. The van der Waals surface area contributed by atoms with Gasteiger partial charge in [0.1, 0.15) is 0 Å². The van der Waals surface area contributed by atoms with Gasteiger partial charge in [-0.15, -0.1) is 5.10 Å². The van der Waals surface area contributed by atoms with Gasteiger partial charge in [0.05, 0.1) is 37.7 Å². The molecule has 5 rings (SSSR count). The molecule has 0 radical (unpaired) electrons. The van der Waals surface area contributed by atoms with Crippen LogP contribution in [0.3, 0.4) is 0 Å². The van der Waals surface area contributed by atoms with E-state index in [4.69, 9.17) is 25.0 Å². The van der Waals surface area contributed by atoms with Gasteiger partial charge in [-0.1, -0.05) is 18.2 Å². The maximum atomic E-state index is 12.8. The van der Waals surface area contributed by atoms with Crippen LogP contribution in [0.5, 0.6) is 0 Å². The predicted octanol–water partition coefficient (Wildman–Crippen LogP) is 1.68. The number of nitrogen functional groups attached to an aromatic ring is 1. The maximum Gasteiger partial charge on any atom is 0.266 e. The summed E-state index contributed by atoms with van der Waals surface area (Å²) in [5.74, 6) is 0.658. The van der Waals surface area contributed by atoms with E-state index in [9.17, 15) is 4.79 Å². The van der Waals surface area contributed by atoms with Gasteiger partial charge in [-0.2, -0.15) is 9.67 Å². The molecule has 2 saturated heterocycles. The second-order valence-electron chi connectivity index (χ2n) is 8.23. The largest absolute Gasteiger partial charge is 0.378 e. The van der Waals surface area contributed by atoms with Gasteiger partial charge in [-0.3, -0.25) is 4.79 Å². The number of methoxy groups -OCH3 is 1. The summed E-state index contributed by atoms with van der Waals surface area (Å²) in [6.45, 7) is 3.99. The molecule has 2 N–H and O–H groups in total. The number of aromatic nitrogens is 3. The molecule has 2 fully saturated rings. The van der Waals surface area contributed by atoms with Gasteiger partial charge in [-0.25, -0.2) is 10.0 Å². The second kappa shape index (κ2) is 10.4. The molecule has 35 heavy (non-hydrogen) atoms. The zero-order valence-corrected chi connectivity index (χ0v) is 19.6. The lowest BCUT2D eigenvalue weighted by Gasteiger charge is -2.39. The first kappa shape index (κ1) is 23.2. The molecule has 2 aliphatic heterocycles. The van der Waals surface area contributed by atoms with Crippen molar-refractivity contribution in [1.29, 1.82) is 0 Å². The van der Waals surface area contributed by atoms with Crippen molar-refractivity contribution >= 4 is 23.5 Å². The average Bonchev–Trinajstić information content (AvgIpc) is 3.30. The number of carbonyl (C=O) groups is 1. The molecular weight excluding hydrogens is 450 g/mol. The van der Waals surface area contributed by atoms with Crippen molar-refractivity contribution < 1.29 is 19.0 Å². The van der Waals surface area contributed by atoms with E-state index in [1.54, 1.807) is 28.8 Å². The number of anilines is 3. The molecule has 1 aromatic heterocycles. The molecule has 11 heteroatoms.